The molecule has 8 heteroatoms. The molecular weight excluding hydrogens is 424 g/mol. The molecule has 3 saturated heterocycles. The lowest BCUT2D eigenvalue weighted by atomic mass is 9.71. The van der Waals surface area contributed by atoms with Crippen molar-refractivity contribution in [2.75, 3.05) is 19.8 Å². The van der Waals surface area contributed by atoms with Gasteiger partial charge in [-0.2, -0.15) is 0 Å². The fourth-order valence-corrected chi connectivity index (χ4v) is 5.95. The molecule has 3 heterocycles. The third-order valence-electron chi connectivity index (χ3n) is 7.32. The molecule has 4 rings (SSSR count). The van der Waals surface area contributed by atoms with E-state index in [1.807, 2.05) is 30.3 Å². The van der Waals surface area contributed by atoms with Crippen LogP contribution in [0.3, 0.4) is 0 Å². The minimum absolute atomic E-state index is 0.213. The summed E-state index contributed by atoms with van der Waals surface area (Å²) in [5, 5.41) is 13.3. The SMILES string of the molecule is CCCCCNC(=O)[C@H]1N([C@H](CO)c2ccccc2)C(=O)[C@@H]2[C@@H](C(=O)OCC)[C@H]3CC[C@]21O3. The Morgan fingerprint density at radius 2 is 2.03 bits per heavy atom. The normalized spacial score (nSPS) is 30.9. The summed E-state index contributed by atoms with van der Waals surface area (Å²) in [7, 11) is 0. The second-order valence-electron chi connectivity index (χ2n) is 9.16. The Kier molecular flexibility index (Phi) is 7.05. The van der Waals surface area contributed by atoms with Crippen molar-refractivity contribution in [1.82, 2.24) is 10.2 Å². The summed E-state index contributed by atoms with van der Waals surface area (Å²) in [5.41, 5.74) is -0.355. The van der Waals surface area contributed by atoms with E-state index in [1.54, 1.807) is 6.92 Å². The summed E-state index contributed by atoms with van der Waals surface area (Å²) >= 11 is 0. The Morgan fingerprint density at radius 1 is 1.27 bits per heavy atom. The molecule has 0 radical (unpaired) electrons. The standard InChI is InChI=1S/C25H34N2O6/c1-3-5-9-14-26-22(29)21-25-13-12-18(33-25)19(24(31)32-4-2)20(25)23(30)27(21)17(15-28)16-10-7-6-8-11-16/h6-8,10-11,17-21,28H,3-5,9,12-15H2,1-2H3,(H,26,29)/t17-,18-,19+,20+,21-,25+/m1/s1. The lowest BCUT2D eigenvalue weighted by Gasteiger charge is -2.36. The van der Waals surface area contributed by atoms with E-state index in [0.29, 0.717) is 19.4 Å². The number of unbranched alkanes of at least 4 members (excludes halogenated alkanes) is 2. The van der Waals surface area contributed by atoms with Crippen molar-refractivity contribution >= 4 is 17.8 Å². The molecule has 180 valence electrons. The first-order chi connectivity index (χ1) is 16.0. The summed E-state index contributed by atoms with van der Waals surface area (Å²) < 4.78 is 11.6. The quantitative estimate of drug-likeness (QED) is 0.410. The van der Waals surface area contributed by atoms with Crippen LogP contribution < -0.4 is 5.32 Å². The highest BCUT2D eigenvalue weighted by molar-refractivity contribution is 5.98. The van der Waals surface area contributed by atoms with Crippen LogP contribution in [0.25, 0.3) is 0 Å². The van der Waals surface area contributed by atoms with Gasteiger partial charge in [0, 0.05) is 6.54 Å². The second kappa shape index (κ2) is 9.81. The number of esters is 1. The Hall–Kier alpha value is -2.45. The number of nitrogens with one attached hydrogen (secondary N) is 1. The summed E-state index contributed by atoms with van der Waals surface area (Å²) in [4.78, 5) is 41.8. The van der Waals surface area contributed by atoms with Crippen molar-refractivity contribution in [2.45, 2.75) is 69.7 Å². The van der Waals surface area contributed by atoms with E-state index in [4.69, 9.17) is 9.47 Å². The van der Waals surface area contributed by atoms with Crippen LogP contribution in [0.1, 0.15) is 57.6 Å². The number of aliphatic hydroxyl groups is 1. The number of nitrogens with zero attached hydrogens (tertiary/aromatic N) is 1. The van der Waals surface area contributed by atoms with E-state index in [-0.39, 0.29) is 25.0 Å². The van der Waals surface area contributed by atoms with Crippen molar-refractivity contribution in [2.24, 2.45) is 11.8 Å². The van der Waals surface area contributed by atoms with Crippen LogP contribution in [0.15, 0.2) is 30.3 Å². The van der Waals surface area contributed by atoms with Gasteiger partial charge in [0.15, 0.2) is 0 Å². The van der Waals surface area contributed by atoms with E-state index in [1.165, 1.54) is 4.90 Å². The van der Waals surface area contributed by atoms with Crippen LogP contribution >= 0.6 is 0 Å². The molecule has 33 heavy (non-hydrogen) atoms. The van der Waals surface area contributed by atoms with Crippen LogP contribution in [0.4, 0.5) is 0 Å². The Bertz CT molecular complexity index is 877. The maximum absolute atomic E-state index is 13.9. The number of carbonyl (C=O) groups excluding carboxylic acids is 3. The molecule has 3 aliphatic rings. The molecule has 0 saturated carbocycles. The van der Waals surface area contributed by atoms with Crippen LogP contribution in [0.5, 0.6) is 0 Å². The largest absolute Gasteiger partial charge is 0.466 e. The van der Waals surface area contributed by atoms with E-state index in [0.717, 1.165) is 24.8 Å². The van der Waals surface area contributed by atoms with Gasteiger partial charge in [0.25, 0.3) is 0 Å². The lowest BCUT2D eigenvalue weighted by Crippen LogP contribution is -2.56. The summed E-state index contributed by atoms with van der Waals surface area (Å²) in [6.45, 7) is 4.20. The molecule has 2 amide bonds. The third kappa shape index (κ3) is 3.93. The predicted octanol–water partition coefficient (Wildman–Crippen LogP) is 1.96. The highest BCUT2D eigenvalue weighted by Gasteiger charge is 2.75. The highest BCUT2D eigenvalue weighted by atomic mass is 16.6. The summed E-state index contributed by atoms with van der Waals surface area (Å²) in [6, 6.07) is 7.56. The summed E-state index contributed by atoms with van der Waals surface area (Å²) in [5.74, 6) is -2.60. The van der Waals surface area contributed by atoms with Crippen LogP contribution in [0, 0.1) is 11.8 Å². The number of hydrogen-bond acceptors (Lipinski definition) is 6. The number of aliphatic hydroxyl groups excluding tert-OH is 1. The molecule has 1 aromatic rings. The zero-order chi connectivity index (χ0) is 23.6. The van der Waals surface area contributed by atoms with Crippen molar-refractivity contribution in [3.63, 3.8) is 0 Å². The number of rotatable bonds is 10. The molecule has 1 aromatic carbocycles. The van der Waals surface area contributed by atoms with Gasteiger partial charge in [-0.25, -0.2) is 0 Å². The van der Waals surface area contributed by atoms with Gasteiger partial charge in [-0.1, -0.05) is 50.1 Å². The zero-order valence-corrected chi connectivity index (χ0v) is 19.4. The van der Waals surface area contributed by atoms with Gasteiger partial charge >= 0.3 is 5.97 Å². The number of likely N-dealkylation sites (tertiary alicyclic amines) is 1. The molecule has 6 atom stereocenters. The molecular formula is C25H34N2O6. The maximum atomic E-state index is 13.9. The predicted molar refractivity (Wildman–Crippen MR) is 120 cm³/mol. The number of carbonyl (C=O) groups is 3. The van der Waals surface area contributed by atoms with Crippen molar-refractivity contribution in [3.05, 3.63) is 35.9 Å². The summed E-state index contributed by atoms with van der Waals surface area (Å²) in [6.07, 6.45) is 3.54. The van der Waals surface area contributed by atoms with Crippen molar-refractivity contribution < 1.29 is 29.0 Å². The molecule has 0 aliphatic carbocycles. The van der Waals surface area contributed by atoms with Crippen LogP contribution in [0.2, 0.25) is 0 Å². The Morgan fingerprint density at radius 3 is 2.70 bits per heavy atom. The topological polar surface area (TPSA) is 105 Å². The third-order valence-corrected chi connectivity index (χ3v) is 7.32. The van der Waals surface area contributed by atoms with E-state index in [2.05, 4.69) is 12.2 Å². The van der Waals surface area contributed by atoms with E-state index >= 15 is 0 Å². The average Bonchev–Trinajstić information content (AvgIpc) is 3.46. The van der Waals surface area contributed by atoms with Crippen molar-refractivity contribution in [1.29, 1.82) is 0 Å². The van der Waals surface area contributed by atoms with Gasteiger partial charge in [0.2, 0.25) is 11.8 Å². The number of hydrogen-bond donors (Lipinski definition) is 2. The minimum Gasteiger partial charge on any atom is -0.466 e. The first-order valence-electron chi connectivity index (χ1n) is 12.1. The van der Waals surface area contributed by atoms with Gasteiger partial charge in [0.05, 0.1) is 37.2 Å². The van der Waals surface area contributed by atoms with Crippen LogP contribution in [-0.4, -0.2) is 65.3 Å². The number of amides is 2. The lowest BCUT2D eigenvalue weighted by molar-refractivity contribution is -0.155. The Balaban J connectivity index is 1.72. The van der Waals surface area contributed by atoms with E-state index in [9.17, 15) is 19.5 Å². The fourth-order valence-electron chi connectivity index (χ4n) is 5.95. The zero-order valence-electron chi connectivity index (χ0n) is 19.4. The molecule has 0 unspecified atom stereocenters. The molecule has 8 nitrogen and oxygen atoms in total. The number of fused-ring (bicyclic) bond motifs is 1. The van der Waals surface area contributed by atoms with Gasteiger partial charge in [-0.05, 0) is 31.7 Å². The first-order valence-corrected chi connectivity index (χ1v) is 12.1. The van der Waals surface area contributed by atoms with Gasteiger partial charge in [-0.3, -0.25) is 14.4 Å². The first kappa shape index (κ1) is 23.7. The number of ether oxygens (including phenoxy) is 2. The highest BCUT2D eigenvalue weighted by Crippen LogP contribution is 2.59. The smallest absolute Gasteiger partial charge is 0.312 e. The second-order valence-corrected chi connectivity index (χ2v) is 9.16. The molecule has 2 N–H and O–H groups in total. The Labute approximate surface area is 194 Å². The van der Waals surface area contributed by atoms with Gasteiger partial charge in [-0.15, -0.1) is 0 Å². The molecule has 2 bridgehead atoms. The monoisotopic (exact) mass is 458 g/mol. The van der Waals surface area contributed by atoms with Gasteiger partial charge < -0.3 is 24.8 Å². The molecule has 3 fully saturated rings. The minimum atomic E-state index is -1.09. The average molecular weight is 459 g/mol. The fraction of sp³-hybridized carbons (Fsp3) is 0.640. The van der Waals surface area contributed by atoms with Crippen molar-refractivity contribution in [3.8, 4) is 0 Å². The van der Waals surface area contributed by atoms with E-state index < -0.39 is 41.6 Å². The molecule has 0 aromatic heterocycles. The molecule has 1 spiro atoms. The maximum Gasteiger partial charge on any atom is 0.312 e. The number of benzene rings is 1. The molecule has 3 aliphatic heterocycles. The van der Waals surface area contributed by atoms with Crippen LogP contribution in [-0.2, 0) is 23.9 Å². The van der Waals surface area contributed by atoms with Gasteiger partial charge in [0.1, 0.15) is 11.6 Å².